The van der Waals surface area contributed by atoms with Crippen LogP contribution in [0.15, 0.2) is 33.6 Å². The monoisotopic (exact) mass is 338 g/mol. The van der Waals surface area contributed by atoms with Gasteiger partial charge in [0.2, 0.25) is 0 Å². The van der Waals surface area contributed by atoms with Gasteiger partial charge in [0.25, 0.3) is 10.0 Å². The molecule has 0 radical (unpaired) electrons. The molecule has 2 saturated heterocycles. The number of hydroxylamine groups is 2. The summed E-state index contributed by atoms with van der Waals surface area (Å²) >= 11 is 0. The molecule has 1 unspecified atom stereocenters. The van der Waals surface area contributed by atoms with E-state index in [2.05, 4.69) is 4.40 Å². The highest BCUT2D eigenvalue weighted by Crippen LogP contribution is 2.28. The van der Waals surface area contributed by atoms with E-state index < -0.39 is 22.1 Å². The Kier molecular flexibility index (Phi) is 3.77. The van der Waals surface area contributed by atoms with Gasteiger partial charge < -0.3 is 10.6 Å². The predicted octanol–water partition coefficient (Wildman–Crippen LogP) is 0.699. The molecule has 3 N–H and O–H groups in total. The van der Waals surface area contributed by atoms with E-state index in [-0.39, 0.29) is 16.8 Å². The number of sulfonamides is 1. The first-order valence-corrected chi connectivity index (χ1v) is 8.69. The number of hydrogen-bond acceptors (Lipinski definition) is 4. The maximum atomic E-state index is 12.3. The van der Waals surface area contributed by atoms with E-state index in [0.717, 1.165) is 5.56 Å². The number of rotatable bonds is 3. The van der Waals surface area contributed by atoms with E-state index in [1.165, 1.54) is 17.0 Å². The summed E-state index contributed by atoms with van der Waals surface area (Å²) in [6.07, 6.45) is 1.01. The zero-order valence-corrected chi connectivity index (χ0v) is 13.4. The van der Waals surface area contributed by atoms with Gasteiger partial charge in [0.15, 0.2) is 0 Å². The number of carbonyl (C=O) groups is 1. The van der Waals surface area contributed by atoms with Gasteiger partial charge in [-0.3, -0.25) is 5.21 Å². The Bertz CT molecular complexity index is 759. The van der Waals surface area contributed by atoms with Crippen molar-refractivity contribution in [3.8, 4) is 0 Å². The Morgan fingerprint density at radius 1 is 1.30 bits per heavy atom. The third-order valence-electron chi connectivity index (χ3n) is 4.23. The molecular formula is C14H18N4O4S. The summed E-state index contributed by atoms with van der Waals surface area (Å²) in [5.74, 6) is -0.132. The Morgan fingerprint density at radius 3 is 2.61 bits per heavy atom. The van der Waals surface area contributed by atoms with E-state index in [1.54, 1.807) is 12.1 Å². The van der Waals surface area contributed by atoms with Crippen molar-refractivity contribution in [2.75, 3.05) is 6.54 Å². The summed E-state index contributed by atoms with van der Waals surface area (Å²) in [7, 11) is -3.93. The summed E-state index contributed by atoms with van der Waals surface area (Å²) in [6, 6.07) is 4.85. The molecule has 0 aliphatic carbocycles. The average molecular weight is 338 g/mol. The van der Waals surface area contributed by atoms with Crippen LogP contribution in [0.5, 0.6) is 0 Å². The molecule has 8 nitrogen and oxygen atoms in total. The molecule has 2 heterocycles. The molecule has 0 aromatic heterocycles. The van der Waals surface area contributed by atoms with Gasteiger partial charge in [-0.1, -0.05) is 17.7 Å². The smallest absolute Gasteiger partial charge is 0.344 e. The Balaban J connectivity index is 1.87. The fourth-order valence-corrected chi connectivity index (χ4v) is 3.91. The zero-order valence-electron chi connectivity index (χ0n) is 12.6. The van der Waals surface area contributed by atoms with Gasteiger partial charge in [-0.15, -0.1) is 4.40 Å². The van der Waals surface area contributed by atoms with E-state index in [1.807, 2.05) is 6.92 Å². The minimum Gasteiger partial charge on any atom is -0.385 e. The maximum Gasteiger partial charge on any atom is 0.344 e. The number of hydrogen-bond donors (Lipinski definition) is 2. The van der Waals surface area contributed by atoms with Crippen LogP contribution >= 0.6 is 0 Å². The molecule has 2 aliphatic rings. The number of amidine groups is 1. The second-order valence-electron chi connectivity index (χ2n) is 5.83. The van der Waals surface area contributed by atoms with E-state index >= 15 is 0 Å². The lowest BCUT2D eigenvalue weighted by Crippen LogP contribution is -2.48. The van der Waals surface area contributed by atoms with Crippen molar-refractivity contribution >= 4 is 21.9 Å². The molecule has 2 fully saturated rings. The molecule has 1 aromatic rings. The molecular weight excluding hydrogens is 320 g/mol. The van der Waals surface area contributed by atoms with Crippen LogP contribution in [0.1, 0.15) is 18.4 Å². The third-order valence-corrected chi connectivity index (χ3v) is 5.55. The van der Waals surface area contributed by atoms with E-state index in [4.69, 9.17) is 5.73 Å². The first-order chi connectivity index (χ1) is 10.8. The second kappa shape index (κ2) is 5.50. The molecule has 23 heavy (non-hydrogen) atoms. The SMILES string of the molecule is Cc1ccc(S(=O)(=O)/N=C(\N)C2CC[C@@H]3CN2C(=O)N3O)cc1. The maximum absolute atomic E-state index is 12.3. The van der Waals surface area contributed by atoms with Crippen LogP contribution in [0.3, 0.4) is 0 Å². The van der Waals surface area contributed by atoms with Crippen LogP contribution in [0.2, 0.25) is 0 Å². The summed E-state index contributed by atoms with van der Waals surface area (Å²) in [5.41, 5.74) is 6.81. The lowest BCUT2D eigenvalue weighted by Gasteiger charge is -2.29. The first kappa shape index (κ1) is 15.8. The number of aryl methyl sites for hydroxylation is 1. The van der Waals surface area contributed by atoms with Crippen LogP contribution in [0, 0.1) is 6.92 Å². The van der Waals surface area contributed by atoms with Crippen molar-refractivity contribution in [3.63, 3.8) is 0 Å². The number of piperidine rings is 1. The zero-order chi connectivity index (χ0) is 16.8. The van der Waals surface area contributed by atoms with Crippen LogP contribution < -0.4 is 5.73 Å². The van der Waals surface area contributed by atoms with Gasteiger partial charge in [0.1, 0.15) is 5.84 Å². The fourth-order valence-electron chi connectivity index (χ4n) is 2.92. The van der Waals surface area contributed by atoms with Gasteiger partial charge in [0.05, 0.1) is 17.0 Å². The standard InChI is InChI=1S/C14H18N4O4S/c1-9-2-5-11(6-3-9)23(21,22)16-13(15)12-7-4-10-8-17(12)14(19)18(10)20/h2-3,5-6,10,12,20H,4,7-8H2,1H3,(H2,15,16)/t10-,12?/m1/s1. The largest absolute Gasteiger partial charge is 0.385 e. The normalized spacial score (nSPS) is 25.1. The minimum atomic E-state index is -3.93. The first-order valence-electron chi connectivity index (χ1n) is 7.25. The third kappa shape index (κ3) is 2.77. The lowest BCUT2D eigenvalue weighted by atomic mass is 10.0. The molecule has 2 amide bonds. The number of benzene rings is 1. The van der Waals surface area contributed by atoms with Crippen molar-refractivity contribution in [2.24, 2.45) is 10.1 Å². The quantitative estimate of drug-likeness (QED) is 0.478. The molecule has 9 heteroatoms. The molecule has 2 aliphatic heterocycles. The van der Waals surface area contributed by atoms with Crippen molar-refractivity contribution in [3.05, 3.63) is 29.8 Å². The Morgan fingerprint density at radius 2 is 1.96 bits per heavy atom. The van der Waals surface area contributed by atoms with Crippen LogP contribution in [0.4, 0.5) is 4.79 Å². The lowest BCUT2D eigenvalue weighted by molar-refractivity contribution is -0.0583. The highest BCUT2D eigenvalue weighted by Gasteiger charge is 2.45. The number of urea groups is 1. The Labute approximate surface area is 134 Å². The molecule has 0 spiro atoms. The van der Waals surface area contributed by atoms with Gasteiger partial charge in [-0.05, 0) is 31.9 Å². The van der Waals surface area contributed by atoms with E-state index in [9.17, 15) is 18.4 Å². The molecule has 3 rings (SSSR count). The van der Waals surface area contributed by atoms with Crippen LogP contribution in [-0.4, -0.2) is 54.1 Å². The molecule has 2 atom stereocenters. The highest BCUT2D eigenvalue weighted by molar-refractivity contribution is 7.90. The molecule has 124 valence electrons. The number of fused-ring (bicyclic) bond motifs is 2. The topological polar surface area (TPSA) is 116 Å². The predicted molar refractivity (Wildman–Crippen MR) is 82.5 cm³/mol. The van der Waals surface area contributed by atoms with Crippen LogP contribution in [-0.2, 0) is 10.0 Å². The fraction of sp³-hybridized carbons (Fsp3) is 0.429. The van der Waals surface area contributed by atoms with Gasteiger partial charge >= 0.3 is 6.03 Å². The summed E-state index contributed by atoms with van der Waals surface area (Å²) in [6.45, 7) is 2.17. The highest BCUT2D eigenvalue weighted by atomic mass is 32.2. The average Bonchev–Trinajstić information content (AvgIpc) is 2.72. The summed E-state index contributed by atoms with van der Waals surface area (Å²) in [4.78, 5) is 13.3. The summed E-state index contributed by atoms with van der Waals surface area (Å²) in [5, 5.41) is 10.3. The summed E-state index contributed by atoms with van der Waals surface area (Å²) < 4.78 is 28.3. The van der Waals surface area contributed by atoms with Crippen molar-refractivity contribution in [2.45, 2.75) is 36.7 Å². The molecule has 1 aromatic carbocycles. The minimum absolute atomic E-state index is 0.0521. The number of nitrogens with zero attached hydrogens (tertiary/aromatic N) is 3. The van der Waals surface area contributed by atoms with Crippen molar-refractivity contribution in [1.82, 2.24) is 9.96 Å². The van der Waals surface area contributed by atoms with Crippen LogP contribution in [0.25, 0.3) is 0 Å². The number of nitrogens with two attached hydrogens (primary N) is 1. The number of amides is 2. The molecule has 0 saturated carbocycles. The van der Waals surface area contributed by atoms with E-state index in [0.29, 0.717) is 24.4 Å². The molecule has 2 bridgehead atoms. The Hall–Kier alpha value is -2.13. The van der Waals surface area contributed by atoms with Gasteiger partial charge in [-0.2, -0.15) is 8.42 Å². The van der Waals surface area contributed by atoms with Crippen molar-refractivity contribution in [1.29, 1.82) is 0 Å². The number of carbonyl (C=O) groups excluding carboxylic acids is 1. The second-order valence-corrected chi connectivity index (χ2v) is 7.43. The van der Waals surface area contributed by atoms with Crippen molar-refractivity contribution < 1.29 is 18.4 Å². The van der Waals surface area contributed by atoms with Gasteiger partial charge in [-0.25, -0.2) is 9.86 Å². The van der Waals surface area contributed by atoms with Gasteiger partial charge in [0, 0.05) is 6.54 Å².